The van der Waals surface area contributed by atoms with Crippen molar-refractivity contribution in [2.45, 2.75) is 13.1 Å². The first kappa shape index (κ1) is 19.8. The molecule has 1 amide bonds. The number of hydrogen-bond donors (Lipinski definition) is 0. The Balaban J connectivity index is 1.73. The Kier molecular flexibility index (Phi) is 4.85. The minimum atomic E-state index is -4.50. The number of methoxy groups -OCH3 is 1. The molecule has 0 fully saturated rings. The second kappa shape index (κ2) is 7.37. The lowest BCUT2D eigenvalue weighted by atomic mass is 10.1. The van der Waals surface area contributed by atoms with Crippen LogP contribution in [0.4, 0.5) is 18.9 Å². The van der Waals surface area contributed by atoms with E-state index in [9.17, 15) is 18.0 Å². The Hall–Kier alpha value is -3.55. The summed E-state index contributed by atoms with van der Waals surface area (Å²) in [5.74, 6) is 0.0920. The fourth-order valence-electron chi connectivity index (χ4n) is 3.26. The van der Waals surface area contributed by atoms with Gasteiger partial charge in [0.2, 0.25) is 5.71 Å². The maximum atomic E-state index is 13.1. The molecule has 0 bridgehead atoms. The minimum Gasteiger partial charge on any atom is -0.497 e. The number of aromatic nitrogens is 1. The van der Waals surface area contributed by atoms with Crippen LogP contribution in [0.25, 0.3) is 22.0 Å². The van der Waals surface area contributed by atoms with Gasteiger partial charge in [0.05, 0.1) is 18.2 Å². The van der Waals surface area contributed by atoms with Crippen LogP contribution in [0.1, 0.15) is 23.0 Å². The summed E-state index contributed by atoms with van der Waals surface area (Å²) in [6, 6.07) is 13.4. The van der Waals surface area contributed by atoms with E-state index in [1.54, 1.807) is 32.2 Å². The predicted molar refractivity (Wildman–Crippen MR) is 107 cm³/mol. The third-order valence-corrected chi connectivity index (χ3v) is 4.77. The van der Waals surface area contributed by atoms with Crippen LogP contribution in [0.2, 0.25) is 0 Å². The molecule has 8 heteroatoms. The SMILES string of the molecule is CCN(C(=O)c1cc2cc3ccc(OC)cc3nc2o1)c1cccc(C(F)(F)F)c1. The minimum absolute atomic E-state index is 0.000896. The molecular weight excluding hydrogens is 397 g/mol. The predicted octanol–water partition coefficient (Wildman–Crippen LogP) is 5.68. The highest BCUT2D eigenvalue weighted by atomic mass is 19.4. The fraction of sp³-hybridized carbons (Fsp3) is 0.182. The summed E-state index contributed by atoms with van der Waals surface area (Å²) in [5.41, 5.74) is 0.220. The Morgan fingerprint density at radius 3 is 2.60 bits per heavy atom. The molecule has 0 aliphatic carbocycles. The largest absolute Gasteiger partial charge is 0.497 e. The summed E-state index contributed by atoms with van der Waals surface area (Å²) < 4.78 is 50.0. The number of carbonyl (C=O) groups is 1. The number of halogens is 3. The number of amides is 1. The lowest BCUT2D eigenvalue weighted by Crippen LogP contribution is -2.30. The van der Waals surface area contributed by atoms with Gasteiger partial charge in [-0.2, -0.15) is 13.2 Å². The zero-order valence-corrected chi connectivity index (χ0v) is 16.2. The van der Waals surface area contributed by atoms with E-state index in [0.29, 0.717) is 16.7 Å². The summed E-state index contributed by atoms with van der Waals surface area (Å²) >= 11 is 0. The van der Waals surface area contributed by atoms with Gasteiger partial charge in [-0.05, 0) is 49.4 Å². The molecule has 2 aromatic heterocycles. The number of furan rings is 1. The van der Waals surface area contributed by atoms with Crippen molar-refractivity contribution in [2.75, 3.05) is 18.6 Å². The van der Waals surface area contributed by atoms with Gasteiger partial charge >= 0.3 is 6.18 Å². The monoisotopic (exact) mass is 414 g/mol. The number of hydrogen-bond acceptors (Lipinski definition) is 4. The van der Waals surface area contributed by atoms with E-state index >= 15 is 0 Å². The van der Waals surface area contributed by atoms with Crippen molar-refractivity contribution < 1.29 is 27.1 Å². The van der Waals surface area contributed by atoms with E-state index in [1.807, 2.05) is 12.1 Å². The molecule has 0 saturated carbocycles. The number of rotatable bonds is 4. The average molecular weight is 414 g/mol. The highest BCUT2D eigenvalue weighted by molar-refractivity contribution is 6.06. The van der Waals surface area contributed by atoms with Gasteiger partial charge in [-0.3, -0.25) is 4.79 Å². The standard InChI is InChI=1S/C22H17F3N2O3/c1-3-27(16-6-4-5-15(11-16)22(23,24)25)21(28)19-10-14-9-13-7-8-17(29-2)12-18(13)26-20(14)30-19/h4-12H,3H2,1-2H3. The van der Waals surface area contributed by atoms with Crippen LogP contribution >= 0.6 is 0 Å². The number of carbonyl (C=O) groups excluding carboxylic acids is 1. The first-order valence-electron chi connectivity index (χ1n) is 9.17. The van der Waals surface area contributed by atoms with Gasteiger partial charge in [-0.25, -0.2) is 4.98 Å². The van der Waals surface area contributed by atoms with Crippen molar-refractivity contribution >= 4 is 33.6 Å². The van der Waals surface area contributed by atoms with Crippen LogP contribution in [0.15, 0.2) is 59.0 Å². The molecule has 0 N–H and O–H groups in total. The molecule has 0 aliphatic rings. The van der Waals surface area contributed by atoms with Gasteiger partial charge < -0.3 is 14.1 Å². The molecule has 0 saturated heterocycles. The molecule has 0 spiro atoms. The van der Waals surface area contributed by atoms with Gasteiger partial charge in [-0.1, -0.05) is 6.07 Å². The Bertz CT molecular complexity index is 1250. The second-order valence-electron chi connectivity index (χ2n) is 6.65. The quantitative estimate of drug-likeness (QED) is 0.431. The zero-order chi connectivity index (χ0) is 21.5. The van der Waals surface area contributed by atoms with Crippen molar-refractivity contribution in [3.63, 3.8) is 0 Å². The molecule has 0 aliphatic heterocycles. The number of ether oxygens (including phenoxy) is 1. The maximum Gasteiger partial charge on any atom is 0.416 e. The summed E-state index contributed by atoms with van der Waals surface area (Å²) in [6.07, 6.45) is -4.50. The third kappa shape index (κ3) is 3.56. The van der Waals surface area contributed by atoms with Crippen molar-refractivity contribution in [1.29, 1.82) is 0 Å². The van der Waals surface area contributed by atoms with E-state index in [1.165, 1.54) is 17.0 Å². The Labute approximate surface area is 169 Å². The summed E-state index contributed by atoms with van der Waals surface area (Å²) in [4.78, 5) is 18.7. The number of pyridine rings is 1. The van der Waals surface area contributed by atoms with Crippen LogP contribution in [0.3, 0.4) is 0 Å². The van der Waals surface area contributed by atoms with Gasteiger partial charge in [-0.15, -0.1) is 0 Å². The van der Waals surface area contributed by atoms with E-state index in [0.717, 1.165) is 17.5 Å². The summed E-state index contributed by atoms with van der Waals surface area (Å²) in [6.45, 7) is 1.85. The summed E-state index contributed by atoms with van der Waals surface area (Å²) in [7, 11) is 1.55. The smallest absolute Gasteiger partial charge is 0.416 e. The van der Waals surface area contributed by atoms with E-state index in [-0.39, 0.29) is 23.7 Å². The van der Waals surface area contributed by atoms with Gasteiger partial charge in [0.1, 0.15) is 5.75 Å². The van der Waals surface area contributed by atoms with Crippen molar-refractivity contribution in [3.8, 4) is 5.75 Å². The number of anilines is 1. The lowest BCUT2D eigenvalue weighted by molar-refractivity contribution is -0.137. The van der Waals surface area contributed by atoms with Crippen LogP contribution in [-0.4, -0.2) is 24.5 Å². The first-order chi connectivity index (χ1) is 14.3. The van der Waals surface area contributed by atoms with Gasteiger partial charge in [0.15, 0.2) is 5.76 Å². The Morgan fingerprint density at radius 2 is 1.90 bits per heavy atom. The highest BCUT2D eigenvalue weighted by Gasteiger charge is 2.31. The first-order valence-corrected chi connectivity index (χ1v) is 9.17. The molecule has 2 heterocycles. The molecule has 0 radical (unpaired) electrons. The van der Waals surface area contributed by atoms with Crippen LogP contribution in [-0.2, 0) is 6.18 Å². The molecule has 0 unspecified atom stereocenters. The zero-order valence-electron chi connectivity index (χ0n) is 16.2. The van der Waals surface area contributed by atoms with E-state index < -0.39 is 17.6 Å². The van der Waals surface area contributed by atoms with Crippen LogP contribution < -0.4 is 9.64 Å². The number of alkyl halides is 3. The number of fused-ring (bicyclic) bond motifs is 2. The van der Waals surface area contributed by atoms with Crippen molar-refractivity contribution in [1.82, 2.24) is 4.98 Å². The van der Waals surface area contributed by atoms with Crippen molar-refractivity contribution in [2.24, 2.45) is 0 Å². The summed E-state index contributed by atoms with van der Waals surface area (Å²) in [5, 5.41) is 1.46. The number of nitrogens with zero attached hydrogens (tertiary/aromatic N) is 2. The molecule has 4 rings (SSSR count). The third-order valence-electron chi connectivity index (χ3n) is 4.77. The molecule has 30 heavy (non-hydrogen) atoms. The topological polar surface area (TPSA) is 55.6 Å². The second-order valence-corrected chi connectivity index (χ2v) is 6.65. The lowest BCUT2D eigenvalue weighted by Gasteiger charge is -2.21. The van der Waals surface area contributed by atoms with Crippen molar-refractivity contribution in [3.05, 3.63) is 65.9 Å². The van der Waals surface area contributed by atoms with Gasteiger partial charge in [0, 0.05) is 29.1 Å². The molecule has 0 atom stereocenters. The maximum absolute atomic E-state index is 13.1. The molecular formula is C22H17F3N2O3. The Morgan fingerprint density at radius 1 is 1.10 bits per heavy atom. The highest BCUT2D eigenvalue weighted by Crippen LogP contribution is 2.32. The van der Waals surface area contributed by atoms with E-state index in [4.69, 9.17) is 9.15 Å². The van der Waals surface area contributed by atoms with E-state index in [2.05, 4.69) is 4.98 Å². The van der Waals surface area contributed by atoms with Crippen LogP contribution in [0, 0.1) is 0 Å². The molecule has 2 aromatic carbocycles. The average Bonchev–Trinajstić information content (AvgIpc) is 3.14. The molecule has 154 valence electrons. The molecule has 4 aromatic rings. The van der Waals surface area contributed by atoms with Gasteiger partial charge in [0.25, 0.3) is 5.91 Å². The molecule has 5 nitrogen and oxygen atoms in total. The normalized spacial score (nSPS) is 11.8. The van der Waals surface area contributed by atoms with Crippen LogP contribution in [0.5, 0.6) is 5.75 Å². The number of benzene rings is 2. The fourth-order valence-corrected chi connectivity index (χ4v) is 3.26.